The summed E-state index contributed by atoms with van der Waals surface area (Å²) >= 11 is 6.04. The molecule has 0 radical (unpaired) electrons. The number of nitrogens with one attached hydrogen (secondary N) is 2. The van der Waals surface area contributed by atoms with Gasteiger partial charge in [-0.1, -0.05) is 11.6 Å². The maximum atomic E-state index is 14.3. The maximum Gasteiger partial charge on any atom is 0.229 e. The van der Waals surface area contributed by atoms with Gasteiger partial charge >= 0.3 is 0 Å². The van der Waals surface area contributed by atoms with Gasteiger partial charge < -0.3 is 20.6 Å². The average Bonchev–Trinajstić information content (AvgIpc) is 2.86. The Morgan fingerprint density at radius 3 is 2.47 bits per heavy atom. The molecule has 36 heavy (non-hydrogen) atoms. The van der Waals surface area contributed by atoms with Gasteiger partial charge in [0.05, 0.1) is 6.10 Å². The van der Waals surface area contributed by atoms with Crippen LogP contribution < -0.4 is 10.6 Å². The predicted molar refractivity (Wildman–Crippen MR) is 142 cm³/mol. The summed E-state index contributed by atoms with van der Waals surface area (Å²) in [7, 11) is 0. The minimum Gasteiger partial charge on any atom is -0.393 e. The summed E-state index contributed by atoms with van der Waals surface area (Å²) in [5, 5.41) is 17.3. The average molecular weight is 517 g/mol. The van der Waals surface area contributed by atoms with Crippen molar-refractivity contribution in [2.24, 2.45) is 0 Å². The fourth-order valence-electron chi connectivity index (χ4n) is 6.03. The second kappa shape index (κ2) is 11.2. The molecule has 3 N–H and O–H groups in total. The second-order valence-corrected chi connectivity index (χ2v) is 11.5. The van der Waals surface area contributed by atoms with Crippen LogP contribution in [-0.2, 0) is 0 Å². The SMILES string of the molecule is CC1(F)CCC(N2CCC(c3cnc(Nc4ccnc(Cl)c4)nc3NC3CCC(O)CC3)CC2)CC1. The molecule has 0 amide bonds. The van der Waals surface area contributed by atoms with Crippen molar-refractivity contribution in [1.82, 2.24) is 19.9 Å². The normalized spacial score (nSPS) is 30.2. The number of aromatic nitrogens is 3. The van der Waals surface area contributed by atoms with Crippen LogP contribution in [0.25, 0.3) is 0 Å². The number of piperidine rings is 1. The lowest BCUT2D eigenvalue weighted by Crippen LogP contribution is -2.44. The number of anilines is 3. The molecule has 1 saturated heterocycles. The van der Waals surface area contributed by atoms with Gasteiger partial charge in [-0.25, -0.2) is 14.4 Å². The minimum absolute atomic E-state index is 0.194. The summed E-state index contributed by atoms with van der Waals surface area (Å²) in [5.74, 6) is 1.80. The number of halogens is 2. The number of aliphatic hydroxyl groups is 1. The molecule has 0 bridgehead atoms. The van der Waals surface area contributed by atoms with Crippen molar-refractivity contribution in [2.45, 2.75) is 101 Å². The Kier molecular flexibility index (Phi) is 7.93. The number of aliphatic hydroxyl groups excluding tert-OH is 1. The Bertz CT molecular complexity index is 1010. The van der Waals surface area contributed by atoms with E-state index in [4.69, 9.17) is 16.6 Å². The van der Waals surface area contributed by atoms with E-state index in [1.54, 1.807) is 19.2 Å². The molecular formula is C27H38ClFN6O. The van der Waals surface area contributed by atoms with Crippen LogP contribution in [0, 0.1) is 0 Å². The highest BCUT2D eigenvalue weighted by atomic mass is 35.5. The molecule has 3 aliphatic rings. The fraction of sp³-hybridized carbons (Fsp3) is 0.667. The molecule has 2 saturated carbocycles. The van der Waals surface area contributed by atoms with E-state index in [1.165, 1.54) is 5.56 Å². The van der Waals surface area contributed by atoms with Crippen LogP contribution in [0.4, 0.5) is 21.8 Å². The van der Waals surface area contributed by atoms with Gasteiger partial charge in [0.1, 0.15) is 16.6 Å². The van der Waals surface area contributed by atoms with Gasteiger partial charge in [-0.15, -0.1) is 0 Å². The smallest absolute Gasteiger partial charge is 0.229 e. The van der Waals surface area contributed by atoms with Crippen molar-refractivity contribution in [3.05, 3.63) is 35.2 Å². The van der Waals surface area contributed by atoms with Crippen LogP contribution in [0.1, 0.15) is 82.6 Å². The minimum atomic E-state index is -0.987. The van der Waals surface area contributed by atoms with E-state index in [-0.39, 0.29) is 6.10 Å². The van der Waals surface area contributed by atoms with Crippen molar-refractivity contribution in [1.29, 1.82) is 0 Å². The first kappa shape index (κ1) is 25.6. The summed E-state index contributed by atoms with van der Waals surface area (Å²) < 4.78 is 14.3. The molecule has 0 atom stereocenters. The third kappa shape index (κ3) is 6.45. The number of nitrogens with zero attached hydrogens (tertiary/aromatic N) is 4. The number of pyridine rings is 1. The van der Waals surface area contributed by atoms with E-state index < -0.39 is 5.67 Å². The lowest BCUT2D eigenvalue weighted by Gasteiger charge is -2.42. The second-order valence-electron chi connectivity index (χ2n) is 11.1. The van der Waals surface area contributed by atoms with Gasteiger partial charge in [0, 0.05) is 35.7 Å². The summed E-state index contributed by atoms with van der Waals surface area (Å²) in [6.07, 6.45) is 12.3. The molecule has 2 aromatic rings. The molecule has 5 rings (SSSR count). The molecular weight excluding hydrogens is 479 g/mol. The molecule has 3 fully saturated rings. The first-order valence-corrected chi connectivity index (χ1v) is 13.9. The molecule has 0 spiro atoms. The van der Waals surface area contributed by atoms with Crippen LogP contribution in [0.15, 0.2) is 24.5 Å². The molecule has 2 aliphatic carbocycles. The first-order chi connectivity index (χ1) is 17.3. The first-order valence-electron chi connectivity index (χ1n) is 13.5. The number of rotatable bonds is 6. The van der Waals surface area contributed by atoms with Gasteiger partial charge in [-0.05, 0) is 102 Å². The molecule has 196 valence electrons. The topological polar surface area (TPSA) is 86.2 Å². The van der Waals surface area contributed by atoms with Crippen molar-refractivity contribution in [3.8, 4) is 0 Å². The quantitative estimate of drug-likeness (QED) is 0.416. The summed E-state index contributed by atoms with van der Waals surface area (Å²) in [6, 6.07) is 4.39. The van der Waals surface area contributed by atoms with E-state index >= 15 is 0 Å². The Hall–Kier alpha value is -2.03. The number of likely N-dealkylation sites (tertiary alicyclic amines) is 1. The monoisotopic (exact) mass is 516 g/mol. The van der Waals surface area contributed by atoms with E-state index in [2.05, 4.69) is 25.5 Å². The Labute approximate surface area is 218 Å². The number of hydrogen-bond acceptors (Lipinski definition) is 7. The van der Waals surface area contributed by atoms with E-state index in [1.807, 2.05) is 12.3 Å². The third-order valence-electron chi connectivity index (χ3n) is 8.32. The van der Waals surface area contributed by atoms with Gasteiger partial charge in [0.15, 0.2) is 0 Å². The predicted octanol–water partition coefficient (Wildman–Crippen LogP) is 5.83. The van der Waals surface area contributed by atoms with Gasteiger partial charge in [-0.3, -0.25) is 0 Å². The highest BCUT2D eigenvalue weighted by Gasteiger charge is 2.35. The zero-order valence-electron chi connectivity index (χ0n) is 21.1. The zero-order chi connectivity index (χ0) is 25.1. The molecule has 3 heterocycles. The van der Waals surface area contributed by atoms with Crippen LogP contribution in [-0.4, -0.2) is 61.9 Å². The van der Waals surface area contributed by atoms with E-state index in [0.717, 1.165) is 76.0 Å². The molecule has 0 unspecified atom stereocenters. The van der Waals surface area contributed by atoms with Crippen molar-refractivity contribution in [3.63, 3.8) is 0 Å². The van der Waals surface area contributed by atoms with Crippen LogP contribution >= 0.6 is 11.6 Å². The lowest BCUT2D eigenvalue weighted by atomic mass is 9.82. The van der Waals surface area contributed by atoms with Gasteiger partial charge in [0.2, 0.25) is 5.95 Å². The Balaban J connectivity index is 1.29. The molecule has 1 aliphatic heterocycles. The van der Waals surface area contributed by atoms with Crippen molar-refractivity contribution >= 4 is 29.1 Å². The van der Waals surface area contributed by atoms with Crippen LogP contribution in [0.5, 0.6) is 0 Å². The maximum absolute atomic E-state index is 14.3. The molecule has 0 aromatic carbocycles. The van der Waals surface area contributed by atoms with Crippen molar-refractivity contribution < 1.29 is 9.50 Å². The molecule has 2 aromatic heterocycles. The number of hydrogen-bond donors (Lipinski definition) is 3. The highest BCUT2D eigenvalue weighted by Crippen LogP contribution is 2.38. The van der Waals surface area contributed by atoms with E-state index in [0.29, 0.717) is 41.9 Å². The van der Waals surface area contributed by atoms with Crippen LogP contribution in [0.2, 0.25) is 5.15 Å². The Morgan fingerprint density at radius 1 is 1.06 bits per heavy atom. The number of alkyl halides is 1. The molecule has 7 nitrogen and oxygen atoms in total. The van der Waals surface area contributed by atoms with Gasteiger partial charge in [0.25, 0.3) is 0 Å². The van der Waals surface area contributed by atoms with Crippen molar-refractivity contribution in [2.75, 3.05) is 23.7 Å². The third-order valence-corrected chi connectivity index (χ3v) is 8.53. The largest absolute Gasteiger partial charge is 0.393 e. The zero-order valence-corrected chi connectivity index (χ0v) is 21.9. The standard InChI is InChI=1S/C27H38ClFN6O/c1-27(29)11-6-21(7-12-27)35-14-9-18(10-15-35)23-17-31-26(33-20-8-13-30-24(28)16-20)34-25(23)32-19-2-4-22(36)5-3-19/h8,13,16-19,21-22,36H,2-7,9-12,14-15H2,1H3,(H2,30,31,32,33,34). The summed E-state index contributed by atoms with van der Waals surface area (Å²) in [4.78, 5) is 16.2. The van der Waals surface area contributed by atoms with Gasteiger partial charge in [-0.2, -0.15) is 4.98 Å². The summed E-state index contributed by atoms with van der Waals surface area (Å²) in [6.45, 7) is 3.81. The fourth-order valence-corrected chi connectivity index (χ4v) is 6.21. The summed E-state index contributed by atoms with van der Waals surface area (Å²) in [5.41, 5.74) is 0.970. The molecule has 9 heteroatoms. The lowest BCUT2D eigenvalue weighted by molar-refractivity contribution is 0.0541. The van der Waals surface area contributed by atoms with E-state index in [9.17, 15) is 9.50 Å². The Morgan fingerprint density at radius 2 is 1.78 bits per heavy atom. The highest BCUT2D eigenvalue weighted by molar-refractivity contribution is 6.29. The van der Waals surface area contributed by atoms with Crippen LogP contribution in [0.3, 0.4) is 0 Å².